The molecule has 1 aromatic carbocycles. The van der Waals surface area contributed by atoms with E-state index < -0.39 is 18.5 Å². The van der Waals surface area contributed by atoms with Crippen molar-refractivity contribution >= 4 is 23.2 Å². The molecule has 2 heterocycles. The zero-order valence-corrected chi connectivity index (χ0v) is 12.7. The number of carbonyl (C=O) groups excluding carboxylic acids is 2. The maximum atomic E-state index is 11.7. The molecular formula is C15H12N4O3S. The Labute approximate surface area is 135 Å². The predicted octanol–water partition coefficient (Wildman–Crippen LogP) is 1.64. The number of primary amides is 1. The minimum absolute atomic E-state index is 0.138. The topological polar surface area (TPSA) is 100 Å². The fourth-order valence-electron chi connectivity index (χ4n) is 1.87. The maximum Gasteiger partial charge on any atom is 0.358 e. The van der Waals surface area contributed by atoms with Crippen LogP contribution < -0.4 is 5.73 Å². The number of carbonyl (C=O) groups is 2. The van der Waals surface area contributed by atoms with Crippen molar-refractivity contribution in [3.8, 4) is 16.3 Å². The van der Waals surface area contributed by atoms with Gasteiger partial charge in [0.25, 0.3) is 5.91 Å². The van der Waals surface area contributed by atoms with Gasteiger partial charge in [0, 0.05) is 17.1 Å². The van der Waals surface area contributed by atoms with Gasteiger partial charge >= 0.3 is 5.97 Å². The number of esters is 1. The van der Waals surface area contributed by atoms with Crippen LogP contribution in [0.1, 0.15) is 10.5 Å². The molecule has 0 aliphatic rings. The summed E-state index contributed by atoms with van der Waals surface area (Å²) in [6.07, 6.45) is 3.50. The zero-order chi connectivity index (χ0) is 16.2. The summed E-state index contributed by atoms with van der Waals surface area (Å²) in [6.45, 7) is -0.461. The van der Waals surface area contributed by atoms with Gasteiger partial charge in [0.1, 0.15) is 5.01 Å². The smallest absolute Gasteiger partial charge is 0.358 e. The Kier molecular flexibility index (Phi) is 4.15. The standard InChI is InChI=1S/C15H12N4O3S/c16-13(20)8-22-15(21)12-9-23-14(18-12)10-6-17-19(7-10)11-4-2-1-3-5-11/h1-7,9H,8H2,(H2,16,20). The molecular weight excluding hydrogens is 316 g/mol. The number of hydrogen-bond acceptors (Lipinski definition) is 6. The van der Waals surface area contributed by atoms with E-state index in [0.29, 0.717) is 5.01 Å². The molecule has 3 rings (SSSR count). The van der Waals surface area contributed by atoms with E-state index in [2.05, 4.69) is 10.1 Å². The van der Waals surface area contributed by atoms with Gasteiger partial charge in [0.2, 0.25) is 0 Å². The van der Waals surface area contributed by atoms with Crippen molar-refractivity contribution in [3.05, 3.63) is 53.8 Å². The molecule has 0 saturated carbocycles. The zero-order valence-electron chi connectivity index (χ0n) is 11.9. The van der Waals surface area contributed by atoms with E-state index in [9.17, 15) is 9.59 Å². The van der Waals surface area contributed by atoms with E-state index in [0.717, 1.165) is 11.3 Å². The highest BCUT2D eigenvalue weighted by molar-refractivity contribution is 7.13. The summed E-state index contributed by atoms with van der Waals surface area (Å²) in [5.41, 5.74) is 6.78. The number of ether oxygens (including phenoxy) is 1. The van der Waals surface area contributed by atoms with Gasteiger partial charge in [-0.15, -0.1) is 11.3 Å². The first-order chi connectivity index (χ1) is 11.1. The molecule has 0 atom stereocenters. The lowest BCUT2D eigenvalue weighted by Gasteiger charge is -1.98. The normalized spacial score (nSPS) is 10.4. The number of para-hydroxylation sites is 1. The maximum absolute atomic E-state index is 11.7. The van der Waals surface area contributed by atoms with Crippen LogP contribution in [0, 0.1) is 0 Å². The first-order valence-electron chi connectivity index (χ1n) is 6.65. The third-order valence-corrected chi connectivity index (χ3v) is 3.80. The molecule has 0 bridgehead atoms. The van der Waals surface area contributed by atoms with Crippen LogP contribution >= 0.6 is 11.3 Å². The van der Waals surface area contributed by atoms with Crippen LogP contribution in [0.5, 0.6) is 0 Å². The van der Waals surface area contributed by atoms with Crippen LogP contribution in [0.15, 0.2) is 48.1 Å². The minimum atomic E-state index is -0.710. The highest BCUT2D eigenvalue weighted by Gasteiger charge is 2.15. The number of nitrogens with zero attached hydrogens (tertiary/aromatic N) is 3. The Hall–Kier alpha value is -3.00. The van der Waals surface area contributed by atoms with E-state index >= 15 is 0 Å². The first kappa shape index (κ1) is 14.9. The summed E-state index contributed by atoms with van der Waals surface area (Å²) in [4.78, 5) is 26.5. The molecule has 2 N–H and O–H groups in total. The molecule has 0 radical (unpaired) electrons. The van der Waals surface area contributed by atoms with Crippen LogP contribution in [0.2, 0.25) is 0 Å². The second-order valence-electron chi connectivity index (χ2n) is 4.59. The van der Waals surface area contributed by atoms with Gasteiger partial charge in [-0.3, -0.25) is 4.79 Å². The molecule has 8 heteroatoms. The van der Waals surface area contributed by atoms with E-state index in [1.165, 1.54) is 11.3 Å². The molecule has 0 saturated heterocycles. The largest absolute Gasteiger partial charge is 0.451 e. The van der Waals surface area contributed by atoms with Crippen LogP contribution in [0.4, 0.5) is 0 Å². The SMILES string of the molecule is NC(=O)COC(=O)c1csc(-c2cnn(-c3ccccc3)c2)n1. The van der Waals surface area contributed by atoms with Crippen LogP contribution in [-0.4, -0.2) is 33.2 Å². The number of rotatable bonds is 5. The number of amides is 1. The van der Waals surface area contributed by atoms with Crippen molar-refractivity contribution in [1.82, 2.24) is 14.8 Å². The van der Waals surface area contributed by atoms with Crippen molar-refractivity contribution in [2.24, 2.45) is 5.73 Å². The number of aromatic nitrogens is 3. The molecule has 0 spiro atoms. The summed E-state index contributed by atoms with van der Waals surface area (Å²) in [5.74, 6) is -1.39. The Morgan fingerprint density at radius 2 is 2.04 bits per heavy atom. The average Bonchev–Trinajstić information content (AvgIpc) is 3.22. The van der Waals surface area contributed by atoms with Gasteiger partial charge in [-0.25, -0.2) is 14.5 Å². The molecule has 0 unspecified atom stereocenters. The van der Waals surface area contributed by atoms with Gasteiger partial charge in [0.15, 0.2) is 12.3 Å². The number of benzene rings is 1. The van der Waals surface area contributed by atoms with Gasteiger partial charge < -0.3 is 10.5 Å². The predicted molar refractivity (Wildman–Crippen MR) is 84.1 cm³/mol. The summed E-state index contributed by atoms with van der Waals surface area (Å²) < 4.78 is 6.45. The Morgan fingerprint density at radius 1 is 1.26 bits per heavy atom. The van der Waals surface area contributed by atoms with Crippen molar-refractivity contribution in [1.29, 1.82) is 0 Å². The van der Waals surface area contributed by atoms with Gasteiger partial charge in [-0.05, 0) is 12.1 Å². The van der Waals surface area contributed by atoms with E-state index in [1.807, 2.05) is 36.5 Å². The number of nitrogens with two attached hydrogens (primary N) is 1. The van der Waals surface area contributed by atoms with Gasteiger partial charge in [0.05, 0.1) is 11.9 Å². The second kappa shape index (κ2) is 6.41. The monoisotopic (exact) mass is 328 g/mol. The molecule has 7 nitrogen and oxygen atoms in total. The summed E-state index contributed by atoms with van der Waals surface area (Å²) in [7, 11) is 0. The molecule has 0 aliphatic heterocycles. The summed E-state index contributed by atoms with van der Waals surface area (Å²) in [5, 5.41) is 6.49. The lowest BCUT2D eigenvalue weighted by molar-refractivity contribution is -0.121. The minimum Gasteiger partial charge on any atom is -0.451 e. The van der Waals surface area contributed by atoms with E-state index in [4.69, 9.17) is 10.5 Å². The number of thiazole rings is 1. The van der Waals surface area contributed by atoms with E-state index in [-0.39, 0.29) is 5.69 Å². The summed E-state index contributed by atoms with van der Waals surface area (Å²) in [6, 6.07) is 9.65. The third kappa shape index (κ3) is 3.43. The third-order valence-electron chi connectivity index (χ3n) is 2.91. The quantitative estimate of drug-likeness (QED) is 0.718. The Morgan fingerprint density at radius 3 is 2.78 bits per heavy atom. The average molecular weight is 328 g/mol. The molecule has 0 fully saturated rings. The Bertz CT molecular complexity index is 841. The van der Waals surface area contributed by atoms with Crippen molar-refractivity contribution in [2.45, 2.75) is 0 Å². The van der Waals surface area contributed by atoms with Gasteiger partial charge in [-0.2, -0.15) is 5.10 Å². The van der Waals surface area contributed by atoms with E-state index in [1.54, 1.807) is 16.3 Å². The highest BCUT2D eigenvalue weighted by atomic mass is 32.1. The second-order valence-corrected chi connectivity index (χ2v) is 5.45. The Balaban J connectivity index is 1.77. The molecule has 23 heavy (non-hydrogen) atoms. The van der Waals surface area contributed by atoms with Crippen LogP contribution in [0.25, 0.3) is 16.3 Å². The van der Waals surface area contributed by atoms with Crippen molar-refractivity contribution in [3.63, 3.8) is 0 Å². The van der Waals surface area contributed by atoms with Crippen molar-refractivity contribution in [2.75, 3.05) is 6.61 Å². The molecule has 3 aromatic rings. The molecule has 116 valence electrons. The lowest BCUT2D eigenvalue weighted by Crippen LogP contribution is -2.21. The summed E-state index contributed by atoms with van der Waals surface area (Å²) >= 11 is 1.29. The van der Waals surface area contributed by atoms with Crippen LogP contribution in [-0.2, 0) is 9.53 Å². The number of hydrogen-bond donors (Lipinski definition) is 1. The highest BCUT2D eigenvalue weighted by Crippen LogP contribution is 2.24. The van der Waals surface area contributed by atoms with Crippen molar-refractivity contribution < 1.29 is 14.3 Å². The fraction of sp³-hybridized carbons (Fsp3) is 0.0667. The molecule has 0 aliphatic carbocycles. The van der Waals surface area contributed by atoms with Gasteiger partial charge in [-0.1, -0.05) is 18.2 Å². The lowest BCUT2D eigenvalue weighted by atomic mass is 10.3. The molecule has 1 amide bonds. The molecule has 2 aromatic heterocycles. The van der Waals surface area contributed by atoms with Crippen LogP contribution in [0.3, 0.4) is 0 Å². The first-order valence-corrected chi connectivity index (χ1v) is 7.53. The fourth-order valence-corrected chi connectivity index (χ4v) is 2.63.